The molecule has 1 aliphatic carbocycles. The first kappa shape index (κ1) is 29.2. The fraction of sp³-hybridized carbons (Fsp3) is 0.444. The van der Waals surface area contributed by atoms with Crippen LogP contribution in [0.1, 0.15) is 58.3 Å². The molecule has 2 aromatic rings. The van der Waals surface area contributed by atoms with Gasteiger partial charge in [-0.25, -0.2) is 4.39 Å². The first-order valence-electron chi connectivity index (χ1n) is 12.7. The molecule has 0 aromatic heterocycles. The molecule has 2 fully saturated rings. The number of carbonyl (C=O) groups is 2. The molecule has 2 amide bonds. The maximum absolute atomic E-state index is 15.0. The van der Waals surface area contributed by atoms with Crippen LogP contribution in [-0.4, -0.2) is 47.7 Å². The van der Waals surface area contributed by atoms with E-state index in [1.165, 1.54) is 18.2 Å². The van der Waals surface area contributed by atoms with Gasteiger partial charge in [-0.1, -0.05) is 22.8 Å². The Hall–Kier alpha value is -3.35. The topological polar surface area (TPSA) is 71.0 Å². The second-order valence-electron chi connectivity index (χ2n) is 10.6. The van der Waals surface area contributed by atoms with Gasteiger partial charge in [0.05, 0.1) is 28.8 Å². The molecule has 14 heteroatoms. The third-order valence-corrected chi connectivity index (χ3v) is 7.65. The summed E-state index contributed by atoms with van der Waals surface area (Å²) in [5.41, 5.74) is -4.21. The normalized spacial score (nSPS) is 21.3. The summed E-state index contributed by atoms with van der Waals surface area (Å²) in [6, 6.07) is 4.64. The van der Waals surface area contributed by atoms with Gasteiger partial charge in [-0.3, -0.25) is 9.59 Å². The van der Waals surface area contributed by atoms with E-state index in [-0.39, 0.29) is 46.8 Å². The van der Waals surface area contributed by atoms with Crippen LogP contribution >= 0.6 is 11.6 Å². The molecule has 0 radical (unpaired) electrons. The van der Waals surface area contributed by atoms with Gasteiger partial charge in [0.1, 0.15) is 5.82 Å². The molecule has 2 heterocycles. The van der Waals surface area contributed by atoms with Gasteiger partial charge in [0, 0.05) is 36.6 Å². The number of hydrogen-bond acceptors (Lipinski definition) is 4. The Kier molecular flexibility index (Phi) is 7.24. The van der Waals surface area contributed by atoms with Crippen LogP contribution < -0.4 is 5.32 Å². The van der Waals surface area contributed by atoms with E-state index in [0.29, 0.717) is 18.7 Å². The molecule has 220 valence electrons. The van der Waals surface area contributed by atoms with Gasteiger partial charge < -0.3 is 15.1 Å². The summed E-state index contributed by atoms with van der Waals surface area (Å²) < 4.78 is 96.0. The van der Waals surface area contributed by atoms with Gasteiger partial charge in [-0.05, 0) is 55.2 Å². The smallest absolute Gasteiger partial charge is 0.383 e. The Morgan fingerprint density at radius 3 is 2.39 bits per heavy atom. The zero-order valence-electron chi connectivity index (χ0n) is 21.4. The number of nitrogens with zero attached hydrogens (tertiary/aromatic N) is 2. The first-order valence-corrected chi connectivity index (χ1v) is 13.0. The predicted octanol–water partition coefficient (Wildman–Crippen LogP) is 6.13. The molecule has 3 aliphatic rings. The number of alkyl halides is 6. The molecule has 1 saturated carbocycles. The molecule has 1 atom stereocenters. The molecule has 0 bridgehead atoms. The fourth-order valence-corrected chi connectivity index (χ4v) is 5.29. The molecule has 2 aromatic carbocycles. The number of likely N-dealkylation sites (tertiary alicyclic amines) is 1. The molecule has 1 saturated heterocycles. The van der Waals surface area contributed by atoms with Crippen LogP contribution in [0.5, 0.6) is 0 Å². The van der Waals surface area contributed by atoms with Crippen molar-refractivity contribution in [1.82, 2.24) is 10.2 Å². The number of rotatable bonds is 6. The second kappa shape index (κ2) is 10.2. The van der Waals surface area contributed by atoms with Gasteiger partial charge >= 0.3 is 12.4 Å². The summed E-state index contributed by atoms with van der Waals surface area (Å²) in [5.74, 6) is -1.71. The molecular weight excluding hydrogens is 583 g/mol. The quantitative estimate of drug-likeness (QED) is 0.403. The van der Waals surface area contributed by atoms with Crippen molar-refractivity contribution in [2.75, 3.05) is 13.1 Å². The standard InChI is InChI=1S/C27H23ClF7N3O3/c1-13-6-15(4-5-18(13)23(39)36-17-10-38(11-17)24(40)14-2-3-14)21-9-25(41-37-21,12-26(30,31)32)19-7-16(27(33,34)35)8-20(28)22(19)29/h4-8,14,17H,2-3,9-12H2,1H3,(H,36,39)/t25-/m0/s1. The minimum atomic E-state index is -5.01. The lowest BCUT2D eigenvalue weighted by molar-refractivity contribution is -0.187. The molecule has 1 N–H and O–H groups in total. The fourth-order valence-electron chi connectivity index (χ4n) is 5.07. The lowest BCUT2D eigenvalue weighted by atomic mass is 9.83. The number of oxime groups is 1. The average molecular weight is 606 g/mol. The van der Waals surface area contributed by atoms with E-state index in [4.69, 9.17) is 16.4 Å². The predicted molar refractivity (Wildman–Crippen MR) is 133 cm³/mol. The van der Waals surface area contributed by atoms with Gasteiger partial charge in [0.15, 0.2) is 5.60 Å². The summed E-state index contributed by atoms with van der Waals surface area (Å²) in [6.45, 7) is 2.40. The van der Waals surface area contributed by atoms with Crippen molar-refractivity contribution in [3.63, 3.8) is 0 Å². The van der Waals surface area contributed by atoms with Crippen molar-refractivity contribution in [3.8, 4) is 0 Å². The molecule has 6 nitrogen and oxygen atoms in total. The number of carbonyl (C=O) groups excluding carboxylic acids is 2. The average Bonchev–Trinajstić information content (AvgIpc) is 3.61. The monoisotopic (exact) mass is 605 g/mol. The Bertz CT molecular complexity index is 1430. The number of amides is 2. The van der Waals surface area contributed by atoms with Crippen LogP contribution in [0.25, 0.3) is 0 Å². The third-order valence-electron chi connectivity index (χ3n) is 7.38. The maximum atomic E-state index is 15.0. The van der Waals surface area contributed by atoms with Crippen molar-refractivity contribution in [2.24, 2.45) is 11.1 Å². The van der Waals surface area contributed by atoms with Crippen molar-refractivity contribution < 1.29 is 45.2 Å². The summed E-state index contributed by atoms with van der Waals surface area (Å²) in [7, 11) is 0. The molecule has 0 spiro atoms. The lowest BCUT2D eigenvalue weighted by Crippen LogP contribution is -2.61. The Balaban J connectivity index is 1.35. The minimum absolute atomic E-state index is 0.0783. The van der Waals surface area contributed by atoms with E-state index in [0.717, 1.165) is 12.8 Å². The lowest BCUT2D eigenvalue weighted by Gasteiger charge is -2.39. The minimum Gasteiger partial charge on any atom is -0.383 e. The third kappa shape index (κ3) is 6.00. The highest BCUT2D eigenvalue weighted by atomic mass is 35.5. The van der Waals surface area contributed by atoms with E-state index in [2.05, 4.69) is 10.5 Å². The highest BCUT2D eigenvalue weighted by Gasteiger charge is 2.52. The van der Waals surface area contributed by atoms with Crippen molar-refractivity contribution in [1.29, 1.82) is 0 Å². The Morgan fingerprint density at radius 1 is 1.12 bits per heavy atom. The number of aryl methyl sites for hydroxylation is 1. The van der Waals surface area contributed by atoms with Gasteiger partial charge in [-0.15, -0.1) is 0 Å². The van der Waals surface area contributed by atoms with Crippen molar-refractivity contribution in [3.05, 3.63) is 69.0 Å². The summed E-state index contributed by atoms with van der Waals surface area (Å²) in [4.78, 5) is 31.7. The van der Waals surface area contributed by atoms with Crippen LogP contribution in [-0.2, 0) is 21.4 Å². The zero-order chi connectivity index (χ0) is 29.9. The Labute approximate surface area is 234 Å². The van der Waals surface area contributed by atoms with Crippen molar-refractivity contribution in [2.45, 2.75) is 56.6 Å². The zero-order valence-corrected chi connectivity index (χ0v) is 22.2. The SMILES string of the molecule is Cc1cc(C2=NO[C@@](CC(F)(F)F)(c3cc(C(F)(F)F)cc(Cl)c3F)C2)ccc1C(=O)NC1CN(C(=O)C2CC2)C1. The van der Waals surface area contributed by atoms with Gasteiger partial charge in [0.25, 0.3) is 5.91 Å². The summed E-state index contributed by atoms with van der Waals surface area (Å²) in [6.07, 6.45) is -10.7. The van der Waals surface area contributed by atoms with Gasteiger partial charge in [-0.2, -0.15) is 26.3 Å². The summed E-state index contributed by atoms with van der Waals surface area (Å²) >= 11 is 5.64. The first-order chi connectivity index (χ1) is 19.1. The molecular formula is C27H23ClF7N3O3. The second-order valence-corrected chi connectivity index (χ2v) is 11.0. The highest BCUT2D eigenvalue weighted by molar-refractivity contribution is 6.30. The van der Waals surface area contributed by atoms with Crippen LogP contribution in [0, 0.1) is 18.7 Å². The Morgan fingerprint density at radius 2 is 1.80 bits per heavy atom. The van der Waals surface area contributed by atoms with Crippen molar-refractivity contribution >= 4 is 29.1 Å². The maximum Gasteiger partial charge on any atom is 0.416 e. The van der Waals surface area contributed by atoms with E-state index >= 15 is 0 Å². The number of halogens is 8. The number of hydrogen-bond donors (Lipinski definition) is 1. The van der Waals surface area contributed by atoms with Crippen LogP contribution in [0.4, 0.5) is 30.7 Å². The van der Waals surface area contributed by atoms with Gasteiger partial charge in [0.2, 0.25) is 5.91 Å². The van der Waals surface area contributed by atoms with E-state index in [9.17, 15) is 40.3 Å². The largest absolute Gasteiger partial charge is 0.416 e. The van der Waals surface area contributed by atoms with Crippen LogP contribution in [0.3, 0.4) is 0 Å². The molecule has 41 heavy (non-hydrogen) atoms. The number of benzene rings is 2. The highest BCUT2D eigenvalue weighted by Crippen LogP contribution is 2.48. The van der Waals surface area contributed by atoms with E-state index in [1.54, 1.807) is 11.8 Å². The van der Waals surface area contributed by atoms with Crippen LogP contribution in [0.15, 0.2) is 35.5 Å². The molecule has 2 aliphatic heterocycles. The summed E-state index contributed by atoms with van der Waals surface area (Å²) in [5, 5.41) is 5.53. The number of nitrogens with one attached hydrogen (secondary N) is 1. The van der Waals surface area contributed by atoms with Crippen LogP contribution in [0.2, 0.25) is 5.02 Å². The van der Waals surface area contributed by atoms with E-state index < -0.39 is 58.7 Å². The molecule has 0 unspecified atom stereocenters. The van der Waals surface area contributed by atoms with E-state index in [1.807, 2.05) is 0 Å². The molecule has 5 rings (SSSR count).